The van der Waals surface area contributed by atoms with Gasteiger partial charge in [-0.05, 0) is 39.2 Å². The van der Waals surface area contributed by atoms with Crippen LogP contribution in [0.25, 0.3) is 0 Å². The molecular weight excluding hydrogens is 178 g/mol. The van der Waals surface area contributed by atoms with E-state index in [1.807, 2.05) is 14.0 Å². The second-order valence-electron chi connectivity index (χ2n) is 3.82. The predicted molar refractivity (Wildman–Crippen MR) is 57.5 cm³/mol. The number of hydrogen-bond acceptors (Lipinski definition) is 3. The number of hydrogen-bond donors (Lipinski definition) is 1. The van der Waals surface area contributed by atoms with Gasteiger partial charge in [0, 0.05) is 26.4 Å². The molecule has 0 aromatic carbocycles. The molecule has 2 atom stereocenters. The fourth-order valence-electron chi connectivity index (χ4n) is 2.05. The summed E-state index contributed by atoms with van der Waals surface area (Å²) in [5, 5.41) is 3.54. The van der Waals surface area contributed by atoms with Crippen molar-refractivity contribution in [1.29, 1.82) is 0 Å². The van der Waals surface area contributed by atoms with Crippen LogP contribution in [-0.2, 0) is 9.47 Å². The molecule has 0 aromatic heterocycles. The Morgan fingerprint density at radius 3 is 2.93 bits per heavy atom. The predicted octanol–water partition coefficient (Wildman–Crippen LogP) is 1.57. The van der Waals surface area contributed by atoms with Crippen molar-refractivity contribution in [2.24, 2.45) is 0 Å². The molecule has 1 rings (SSSR count). The van der Waals surface area contributed by atoms with E-state index in [1.54, 1.807) is 0 Å². The summed E-state index contributed by atoms with van der Waals surface area (Å²) in [7, 11) is 1.81. The largest absolute Gasteiger partial charge is 0.382 e. The van der Waals surface area contributed by atoms with Gasteiger partial charge in [0.15, 0.2) is 0 Å². The molecule has 0 radical (unpaired) electrons. The lowest BCUT2D eigenvalue weighted by Gasteiger charge is -2.19. The Morgan fingerprint density at radius 1 is 1.36 bits per heavy atom. The van der Waals surface area contributed by atoms with E-state index in [1.165, 1.54) is 19.3 Å². The Balaban J connectivity index is 2.00. The highest BCUT2D eigenvalue weighted by Crippen LogP contribution is 2.21. The van der Waals surface area contributed by atoms with Gasteiger partial charge in [-0.25, -0.2) is 0 Å². The van der Waals surface area contributed by atoms with Gasteiger partial charge in [0.25, 0.3) is 0 Å². The van der Waals surface area contributed by atoms with Gasteiger partial charge in [0.05, 0.1) is 6.10 Å². The minimum absolute atomic E-state index is 0.432. The van der Waals surface area contributed by atoms with Gasteiger partial charge in [-0.3, -0.25) is 0 Å². The third-order valence-corrected chi connectivity index (χ3v) is 2.83. The lowest BCUT2D eigenvalue weighted by atomic mass is 10.2. The number of ether oxygens (including phenoxy) is 2. The smallest absolute Gasteiger partial charge is 0.0724 e. The second kappa shape index (κ2) is 7.21. The average Bonchev–Trinajstić information content (AvgIpc) is 2.65. The third-order valence-electron chi connectivity index (χ3n) is 2.83. The first-order valence-corrected chi connectivity index (χ1v) is 5.72. The Hall–Kier alpha value is -0.120. The molecule has 3 heteroatoms. The lowest BCUT2D eigenvalue weighted by molar-refractivity contribution is 0.0833. The molecule has 0 aliphatic heterocycles. The molecule has 0 saturated heterocycles. The molecule has 1 saturated carbocycles. The van der Waals surface area contributed by atoms with Gasteiger partial charge in [-0.1, -0.05) is 0 Å². The van der Waals surface area contributed by atoms with Gasteiger partial charge in [0.2, 0.25) is 0 Å². The van der Waals surface area contributed by atoms with Gasteiger partial charge in [-0.2, -0.15) is 0 Å². The molecule has 3 nitrogen and oxygen atoms in total. The molecule has 0 bridgehead atoms. The molecule has 0 amide bonds. The van der Waals surface area contributed by atoms with Crippen LogP contribution in [0.3, 0.4) is 0 Å². The molecule has 0 aromatic rings. The molecule has 1 aliphatic rings. The van der Waals surface area contributed by atoms with Crippen LogP contribution in [0.2, 0.25) is 0 Å². The first-order chi connectivity index (χ1) is 6.88. The van der Waals surface area contributed by atoms with E-state index in [-0.39, 0.29) is 0 Å². The first-order valence-electron chi connectivity index (χ1n) is 5.72. The zero-order valence-electron chi connectivity index (χ0n) is 9.42. The Bertz CT molecular complexity index is 141. The van der Waals surface area contributed by atoms with E-state index in [0.717, 1.165) is 26.2 Å². The molecule has 0 heterocycles. The van der Waals surface area contributed by atoms with E-state index in [9.17, 15) is 0 Å². The fourth-order valence-corrected chi connectivity index (χ4v) is 2.05. The Kier molecular flexibility index (Phi) is 6.15. The minimum Gasteiger partial charge on any atom is -0.382 e. The zero-order valence-corrected chi connectivity index (χ0v) is 9.42. The maximum Gasteiger partial charge on any atom is 0.0724 e. The van der Waals surface area contributed by atoms with E-state index >= 15 is 0 Å². The number of methoxy groups -OCH3 is 1. The highest BCUT2D eigenvalue weighted by Gasteiger charge is 2.25. The highest BCUT2D eigenvalue weighted by atomic mass is 16.5. The molecule has 0 spiro atoms. The molecule has 1 N–H and O–H groups in total. The van der Waals surface area contributed by atoms with E-state index in [2.05, 4.69) is 5.32 Å². The van der Waals surface area contributed by atoms with Crippen LogP contribution in [0.15, 0.2) is 0 Å². The van der Waals surface area contributed by atoms with Gasteiger partial charge >= 0.3 is 0 Å². The van der Waals surface area contributed by atoms with E-state index in [4.69, 9.17) is 9.47 Å². The third kappa shape index (κ3) is 3.95. The summed E-state index contributed by atoms with van der Waals surface area (Å²) in [5.74, 6) is 0. The van der Waals surface area contributed by atoms with Crippen molar-refractivity contribution < 1.29 is 9.47 Å². The number of rotatable bonds is 7. The van der Waals surface area contributed by atoms with E-state index < -0.39 is 0 Å². The summed E-state index contributed by atoms with van der Waals surface area (Å²) in [4.78, 5) is 0. The normalized spacial score (nSPS) is 27.0. The summed E-state index contributed by atoms with van der Waals surface area (Å²) in [5.41, 5.74) is 0. The Labute approximate surface area is 87.2 Å². The van der Waals surface area contributed by atoms with E-state index in [0.29, 0.717) is 12.1 Å². The van der Waals surface area contributed by atoms with Gasteiger partial charge < -0.3 is 14.8 Å². The van der Waals surface area contributed by atoms with Crippen LogP contribution in [0, 0.1) is 0 Å². The average molecular weight is 201 g/mol. The second-order valence-corrected chi connectivity index (χ2v) is 3.82. The van der Waals surface area contributed by atoms with Gasteiger partial charge in [-0.15, -0.1) is 0 Å². The SMILES string of the molecule is CCOCCCNC1CCCC1OC. The Morgan fingerprint density at radius 2 is 2.21 bits per heavy atom. The maximum atomic E-state index is 5.41. The monoisotopic (exact) mass is 201 g/mol. The highest BCUT2D eigenvalue weighted by molar-refractivity contribution is 4.83. The van der Waals surface area contributed by atoms with Crippen LogP contribution in [-0.4, -0.2) is 39.0 Å². The van der Waals surface area contributed by atoms with Crippen molar-refractivity contribution in [2.45, 2.75) is 44.8 Å². The van der Waals surface area contributed by atoms with Crippen LogP contribution >= 0.6 is 0 Å². The maximum absolute atomic E-state index is 5.41. The van der Waals surface area contributed by atoms with Crippen molar-refractivity contribution in [3.63, 3.8) is 0 Å². The number of nitrogens with one attached hydrogen (secondary N) is 1. The molecule has 2 unspecified atom stereocenters. The van der Waals surface area contributed by atoms with Crippen LogP contribution in [0.1, 0.15) is 32.6 Å². The first kappa shape index (κ1) is 12.0. The quantitative estimate of drug-likeness (QED) is 0.634. The van der Waals surface area contributed by atoms with Crippen LogP contribution in [0.4, 0.5) is 0 Å². The topological polar surface area (TPSA) is 30.5 Å². The molecule has 84 valence electrons. The summed E-state index contributed by atoms with van der Waals surface area (Å²) < 4.78 is 10.7. The van der Waals surface area contributed by atoms with Crippen molar-refractivity contribution in [2.75, 3.05) is 26.9 Å². The standard InChI is InChI=1S/C11H23NO2/c1-3-14-9-5-8-12-10-6-4-7-11(10)13-2/h10-12H,3-9H2,1-2H3. The molecule has 14 heavy (non-hydrogen) atoms. The minimum atomic E-state index is 0.432. The zero-order chi connectivity index (χ0) is 10.2. The van der Waals surface area contributed by atoms with Crippen molar-refractivity contribution in [3.8, 4) is 0 Å². The summed E-state index contributed by atoms with van der Waals surface area (Å²) in [6.45, 7) is 4.77. The fraction of sp³-hybridized carbons (Fsp3) is 1.00. The van der Waals surface area contributed by atoms with Gasteiger partial charge in [0.1, 0.15) is 0 Å². The van der Waals surface area contributed by atoms with Crippen LogP contribution < -0.4 is 5.32 Å². The summed E-state index contributed by atoms with van der Waals surface area (Å²) in [6, 6.07) is 0.571. The lowest BCUT2D eigenvalue weighted by Crippen LogP contribution is -2.37. The molecule has 1 aliphatic carbocycles. The van der Waals surface area contributed by atoms with Crippen molar-refractivity contribution in [1.82, 2.24) is 5.32 Å². The molecule has 1 fully saturated rings. The van der Waals surface area contributed by atoms with Crippen LogP contribution in [0.5, 0.6) is 0 Å². The summed E-state index contributed by atoms with van der Waals surface area (Å²) >= 11 is 0. The van der Waals surface area contributed by atoms with Crippen molar-refractivity contribution in [3.05, 3.63) is 0 Å². The van der Waals surface area contributed by atoms with Crippen molar-refractivity contribution >= 4 is 0 Å². The summed E-state index contributed by atoms with van der Waals surface area (Å²) in [6.07, 6.45) is 5.29. The molecular formula is C11H23NO2.